The molecule has 0 spiro atoms. The van der Waals surface area contributed by atoms with Crippen LogP contribution >= 0.6 is 23.2 Å². The molecule has 114 valence electrons. The van der Waals surface area contributed by atoms with Gasteiger partial charge < -0.3 is 4.74 Å². The average Bonchev–Trinajstić information content (AvgIpc) is 2.68. The Morgan fingerprint density at radius 2 is 2.00 bits per heavy atom. The lowest BCUT2D eigenvalue weighted by molar-refractivity contribution is -0.128. The monoisotopic (exact) mass is 329 g/mol. The largest absolute Gasteiger partial charge is 0.443 e. The van der Waals surface area contributed by atoms with Crippen LogP contribution in [-0.2, 0) is 9.53 Å². The van der Waals surface area contributed by atoms with Gasteiger partial charge in [0, 0.05) is 16.5 Å². The van der Waals surface area contributed by atoms with Crippen molar-refractivity contribution in [2.75, 3.05) is 0 Å². The second-order valence-electron chi connectivity index (χ2n) is 5.96. The van der Waals surface area contributed by atoms with Gasteiger partial charge in [-0.1, -0.05) is 29.3 Å². The van der Waals surface area contributed by atoms with E-state index in [9.17, 15) is 9.59 Å². The highest BCUT2D eigenvalue weighted by atomic mass is 35.5. The molecule has 1 heterocycles. The summed E-state index contributed by atoms with van der Waals surface area (Å²) >= 11 is 12.1. The number of halogens is 2. The lowest BCUT2D eigenvalue weighted by atomic mass is 10.0. The van der Waals surface area contributed by atoms with Crippen molar-refractivity contribution in [2.45, 2.75) is 45.3 Å². The Kier molecular flexibility index (Phi) is 4.49. The molecule has 1 saturated heterocycles. The summed E-state index contributed by atoms with van der Waals surface area (Å²) in [5.41, 5.74) is 0.0478. The van der Waals surface area contributed by atoms with Crippen molar-refractivity contribution in [3.05, 3.63) is 33.8 Å². The van der Waals surface area contributed by atoms with Crippen LogP contribution < -0.4 is 0 Å². The summed E-state index contributed by atoms with van der Waals surface area (Å²) in [6.07, 6.45) is 0.184. The number of amides is 2. The molecule has 1 fully saturated rings. The van der Waals surface area contributed by atoms with E-state index in [1.165, 1.54) is 0 Å². The second kappa shape index (κ2) is 5.85. The standard InChI is InChI=1S/C15H17Cl2NO3/c1-15(2,3)21-14(20)18-12(6-7-13(18)19)10-5-4-9(16)8-11(10)17/h4-5,8,12H,6-7H2,1-3H3. The molecule has 21 heavy (non-hydrogen) atoms. The third-order valence-corrected chi connectivity index (χ3v) is 3.69. The zero-order valence-electron chi connectivity index (χ0n) is 12.2. The number of likely N-dealkylation sites (tertiary alicyclic amines) is 1. The Balaban J connectivity index is 2.30. The van der Waals surface area contributed by atoms with Gasteiger partial charge in [0.1, 0.15) is 5.60 Å². The van der Waals surface area contributed by atoms with Crippen LogP contribution in [0.25, 0.3) is 0 Å². The third kappa shape index (κ3) is 3.69. The lowest BCUT2D eigenvalue weighted by Gasteiger charge is -2.28. The topological polar surface area (TPSA) is 46.6 Å². The molecule has 1 aromatic carbocycles. The molecule has 0 aliphatic carbocycles. The highest BCUT2D eigenvalue weighted by Gasteiger charge is 2.40. The first-order valence-corrected chi connectivity index (χ1v) is 7.44. The van der Waals surface area contributed by atoms with Crippen LogP contribution in [-0.4, -0.2) is 22.5 Å². The number of benzene rings is 1. The molecule has 0 saturated carbocycles. The average molecular weight is 330 g/mol. The normalized spacial score (nSPS) is 19.0. The number of rotatable bonds is 1. The molecule has 4 nitrogen and oxygen atoms in total. The number of hydrogen-bond acceptors (Lipinski definition) is 3. The van der Waals surface area contributed by atoms with E-state index >= 15 is 0 Å². The maximum Gasteiger partial charge on any atom is 0.417 e. The Morgan fingerprint density at radius 1 is 1.33 bits per heavy atom. The fraction of sp³-hybridized carbons (Fsp3) is 0.467. The minimum Gasteiger partial charge on any atom is -0.443 e. The summed E-state index contributed by atoms with van der Waals surface area (Å²) in [5, 5.41) is 0.952. The van der Waals surface area contributed by atoms with Crippen LogP contribution in [0.15, 0.2) is 18.2 Å². The van der Waals surface area contributed by atoms with Crippen LogP contribution in [0.1, 0.15) is 45.2 Å². The van der Waals surface area contributed by atoms with Crippen molar-refractivity contribution in [1.82, 2.24) is 4.90 Å². The van der Waals surface area contributed by atoms with Crippen molar-refractivity contribution in [3.8, 4) is 0 Å². The first kappa shape index (κ1) is 16.1. The molecule has 6 heteroatoms. The van der Waals surface area contributed by atoms with E-state index in [1.54, 1.807) is 39.0 Å². The molecule has 1 aliphatic rings. The van der Waals surface area contributed by atoms with Crippen molar-refractivity contribution >= 4 is 35.2 Å². The van der Waals surface area contributed by atoms with Crippen LogP contribution in [0, 0.1) is 0 Å². The summed E-state index contributed by atoms with van der Waals surface area (Å²) in [5.74, 6) is -0.250. The van der Waals surface area contributed by atoms with E-state index in [2.05, 4.69) is 0 Å². The second-order valence-corrected chi connectivity index (χ2v) is 6.81. The highest BCUT2D eigenvalue weighted by Crippen LogP contribution is 2.38. The number of ether oxygens (including phenoxy) is 1. The van der Waals surface area contributed by atoms with Gasteiger partial charge in [-0.05, 0) is 44.9 Å². The number of imide groups is 1. The Bertz CT molecular complexity index is 581. The molecule has 0 bridgehead atoms. The minimum absolute atomic E-state index is 0.250. The lowest BCUT2D eigenvalue weighted by Crippen LogP contribution is -2.39. The fourth-order valence-corrected chi connectivity index (χ4v) is 2.82. The molecule has 0 N–H and O–H groups in total. The molecular formula is C15H17Cl2NO3. The van der Waals surface area contributed by atoms with Gasteiger partial charge in [-0.2, -0.15) is 0 Å². The fourth-order valence-electron chi connectivity index (χ4n) is 2.29. The van der Waals surface area contributed by atoms with E-state index < -0.39 is 17.7 Å². The van der Waals surface area contributed by atoms with E-state index in [0.717, 1.165) is 4.90 Å². The van der Waals surface area contributed by atoms with Gasteiger partial charge in [-0.3, -0.25) is 4.79 Å². The van der Waals surface area contributed by atoms with Gasteiger partial charge in [0.25, 0.3) is 0 Å². The molecule has 0 radical (unpaired) electrons. The number of hydrogen-bond donors (Lipinski definition) is 0. The van der Waals surface area contributed by atoms with Gasteiger partial charge in [-0.25, -0.2) is 9.69 Å². The molecule has 1 aliphatic heterocycles. The van der Waals surface area contributed by atoms with E-state index in [1.807, 2.05) is 0 Å². The van der Waals surface area contributed by atoms with Gasteiger partial charge >= 0.3 is 6.09 Å². The van der Waals surface area contributed by atoms with Gasteiger partial charge in [0.15, 0.2) is 0 Å². The summed E-state index contributed by atoms with van der Waals surface area (Å²) in [6, 6.07) is 4.63. The van der Waals surface area contributed by atoms with E-state index in [-0.39, 0.29) is 5.91 Å². The summed E-state index contributed by atoms with van der Waals surface area (Å²) in [4.78, 5) is 25.4. The Labute approximate surface area is 134 Å². The van der Waals surface area contributed by atoms with Gasteiger partial charge in [-0.15, -0.1) is 0 Å². The van der Waals surface area contributed by atoms with Crippen LogP contribution in [0.4, 0.5) is 4.79 Å². The van der Waals surface area contributed by atoms with Crippen molar-refractivity contribution in [2.24, 2.45) is 0 Å². The molecule has 1 atom stereocenters. The highest BCUT2D eigenvalue weighted by molar-refractivity contribution is 6.35. The smallest absolute Gasteiger partial charge is 0.417 e. The first-order chi connectivity index (χ1) is 9.69. The predicted octanol–water partition coefficient (Wildman–Crippen LogP) is 4.59. The van der Waals surface area contributed by atoms with Gasteiger partial charge in [0.05, 0.1) is 6.04 Å². The molecule has 1 unspecified atom stereocenters. The zero-order valence-corrected chi connectivity index (χ0v) is 13.7. The first-order valence-electron chi connectivity index (χ1n) is 6.69. The number of carbonyl (C=O) groups excluding carboxylic acids is 2. The zero-order chi connectivity index (χ0) is 15.8. The van der Waals surface area contributed by atoms with Crippen molar-refractivity contribution in [1.29, 1.82) is 0 Å². The maximum absolute atomic E-state index is 12.2. The van der Waals surface area contributed by atoms with Gasteiger partial charge in [0.2, 0.25) is 5.91 Å². The predicted molar refractivity (Wildman–Crippen MR) is 81.5 cm³/mol. The van der Waals surface area contributed by atoms with Crippen LogP contribution in [0.3, 0.4) is 0 Å². The number of carbonyl (C=O) groups is 2. The summed E-state index contributed by atoms with van der Waals surface area (Å²) < 4.78 is 5.30. The Morgan fingerprint density at radius 3 is 2.57 bits per heavy atom. The quantitative estimate of drug-likeness (QED) is 0.756. The SMILES string of the molecule is CC(C)(C)OC(=O)N1C(=O)CCC1c1ccc(Cl)cc1Cl. The number of nitrogens with zero attached hydrogens (tertiary/aromatic N) is 1. The van der Waals surface area contributed by atoms with Crippen LogP contribution in [0.5, 0.6) is 0 Å². The van der Waals surface area contributed by atoms with Crippen molar-refractivity contribution < 1.29 is 14.3 Å². The third-order valence-electron chi connectivity index (χ3n) is 3.12. The molecule has 2 amide bonds. The van der Waals surface area contributed by atoms with Crippen molar-refractivity contribution in [3.63, 3.8) is 0 Å². The Hall–Kier alpha value is -1.26. The van der Waals surface area contributed by atoms with E-state index in [4.69, 9.17) is 27.9 Å². The summed E-state index contributed by atoms with van der Waals surface area (Å²) in [6.45, 7) is 5.28. The van der Waals surface area contributed by atoms with Crippen LogP contribution in [0.2, 0.25) is 10.0 Å². The minimum atomic E-state index is -0.658. The summed E-state index contributed by atoms with van der Waals surface area (Å²) in [7, 11) is 0. The molecule has 1 aromatic rings. The van der Waals surface area contributed by atoms with E-state index in [0.29, 0.717) is 28.5 Å². The molecular weight excluding hydrogens is 313 g/mol. The molecule has 2 rings (SSSR count). The molecule has 0 aromatic heterocycles. The maximum atomic E-state index is 12.2.